The number of rotatable bonds is 10. The molecule has 16 heteroatoms. The van der Waals surface area contributed by atoms with Crippen molar-refractivity contribution in [3.05, 3.63) is 64.7 Å². The number of halogens is 3. The van der Waals surface area contributed by atoms with Crippen LogP contribution < -0.4 is 4.18 Å². The first-order valence-electron chi connectivity index (χ1n) is 13.4. The van der Waals surface area contributed by atoms with Gasteiger partial charge in [0.2, 0.25) is 0 Å². The number of ether oxygens (including phenoxy) is 5. The Morgan fingerprint density at radius 1 is 0.800 bits per heavy atom. The maximum absolute atomic E-state index is 12.7. The Morgan fingerprint density at radius 3 is 1.89 bits per heavy atom. The number of hydrogen-bond donors (Lipinski definition) is 0. The summed E-state index contributed by atoms with van der Waals surface area (Å²) in [5.74, 6) is -3.49. The largest absolute Gasteiger partial charge is 0.534 e. The molecule has 3 rings (SSSR count). The molecule has 5 atom stereocenters. The minimum absolute atomic E-state index is 0.219. The normalized spacial score (nSPS) is 21.7. The predicted octanol–water partition coefficient (Wildman–Crippen LogP) is 3.61. The highest BCUT2D eigenvalue weighted by atomic mass is 32.2. The summed E-state index contributed by atoms with van der Waals surface area (Å²) in [6.45, 7) is 5.90. The Kier molecular flexibility index (Phi) is 11.2. The quantitative estimate of drug-likeness (QED) is 0.158. The third kappa shape index (κ3) is 9.41. The molecule has 246 valence electrons. The molecule has 45 heavy (non-hydrogen) atoms. The van der Waals surface area contributed by atoms with Crippen LogP contribution in [0.5, 0.6) is 5.75 Å². The first kappa shape index (κ1) is 35.3. The number of benzene rings is 2. The third-order valence-corrected chi connectivity index (χ3v) is 7.48. The van der Waals surface area contributed by atoms with E-state index in [1.54, 1.807) is 25.1 Å². The molecule has 2 aromatic carbocycles. The maximum Gasteiger partial charge on any atom is 0.534 e. The summed E-state index contributed by atoms with van der Waals surface area (Å²) >= 11 is 0. The van der Waals surface area contributed by atoms with Gasteiger partial charge in [-0.1, -0.05) is 30.3 Å². The van der Waals surface area contributed by atoms with E-state index in [2.05, 4.69) is 4.18 Å². The molecule has 0 N–H and O–H groups in total. The van der Waals surface area contributed by atoms with Crippen molar-refractivity contribution in [2.45, 2.75) is 77.1 Å². The third-order valence-electron chi connectivity index (χ3n) is 6.50. The van der Waals surface area contributed by atoms with Crippen LogP contribution in [0.1, 0.15) is 56.1 Å². The lowest BCUT2D eigenvalue weighted by Crippen LogP contribution is -2.59. The van der Waals surface area contributed by atoms with Crippen LogP contribution in [0.3, 0.4) is 0 Å². The van der Waals surface area contributed by atoms with Crippen molar-refractivity contribution < 1.29 is 68.6 Å². The van der Waals surface area contributed by atoms with Gasteiger partial charge in [0.25, 0.3) is 0 Å². The molecule has 1 fully saturated rings. The van der Waals surface area contributed by atoms with Crippen LogP contribution >= 0.6 is 0 Å². The van der Waals surface area contributed by atoms with Crippen molar-refractivity contribution in [3.63, 3.8) is 0 Å². The molecule has 1 heterocycles. The maximum atomic E-state index is 12.7. The van der Waals surface area contributed by atoms with Crippen molar-refractivity contribution in [1.82, 2.24) is 0 Å². The first-order chi connectivity index (χ1) is 20.9. The van der Waals surface area contributed by atoms with Gasteiger partial charge in [0.15, 0.2) is 18.3 Å². The molecule has 0 aliphatic carbocycles. The highest BCUT2D eigenvalue weighted by molar-refractivity contribution is 7.88. The highest BCUT2D eigenvalue weighted by Gasteiger charge is 2.52. The lowest BCUT2D eigenvalue weighted by atomic mass is 9.88. The lowest BCUT2D eigenvalue weighted by Gasteiger charge is -2.44. The number of aryl methyl sites for hydroxylation is 1. The van der Waals surface area contributed by atoms with Gasteiger partial charge in [0, 0.05) is 27.7 Å². The van der Waals surface area contributed by atoms with E-state index in [0.717, 1.165) is 45.4 Å². The van der Waals surface area contributed by atoms with E-state index in [1.165, 1.54) is 12.1 Å². The number of alkyl halides is 3. The van der Waals surface area contributed by atoms with E-state index in [0.29, 0.717) is 16.7 Å². The topological polar surface area (TPSA) is 158 Å². The second-order valence-corrected chi connectivity index (χ2v) is 11.6. The van der Waals surface area contributed by atoms with Crippen LogP contribution in [-0.2, 0) is 59.4 Å². The summed E-state index contributed by atoms with van der Waals surface area (Å²) in [7, 11) is -5.83. The fourth-order valence-corrected chi connectivity index (χ4v) is 5.07. The molecule has 1 aliphatic heterocycles. The molecular weight excluding hydrogens is 629 g/mol. The van der Waals surface area contributed by atoms with Gasteiger partial charge in [-0.05, 0) is 47.7 Å². The van der Waals surface area contributed by atoms with Crippen LogP contribution in [0, 0.1) is 6.92 Å². The van der Waals surface area contributed by atoms with E-state index >= 15 is 0 Å². The molecule has 2 aromatic rings. The summed E-state index contributed by atoms with van der Waals surface area (Å²) in [5, 5.41) is 0. The van der Waals surface area contributed by atoms with Gasteiger partial charge in [-0.15, -0.1) is 0 Å². The fourth-order valence-electron chi connectivity index (χ4n) is 4.61. The smallest absolute Gasteiger partial charge is 0.463 e. The second-order valence-electron chi connectivity index (χ2n) is 10.1. The number of carbonyl (C=O) groups is 4. The molecule has 1 saturated heterocycles. The van der Waals surface area contributed by atoms with Crippen LogP contribution in [-0.4, -0.2) is 68.8 Å². The Balaban J connectivity index is 1.99. The zero-order valence-corrected chi connectivity index (χ0v) is 25.6. The standard InChI is InChI=1S/C29H31F3O12S/c1-15-6-9-21(13-22(15)12-20-7-10-23(11-8-20)44-45(37,38)29(30,31)32)25-27(41-18(4)35)28(42-19(5)36)26(40-17(3)34)24(43-25)14-39-16(2)33/h6-11,13,24-28H,12,14H2,1-5H3/t24-,25+,26-,27+,28+/m1/s1. The molecule has 1 aliphatic rings. The van der Waals surface area contributed by atoms with E-state index < -0.39 is 82.4 Å². The average Bonchev–Trinajstić information content (AvgIpc) is 2.90. The van der Waals surface area contributed by atoms with Crippen molar-refractivity contribution >= 4 is 34.0 Å². The van der Waals surface area contributed by atoms with Gasteiger partial charge in [-0.25, -0.2) is 0 Å². The number of carbonyl (C=O) groups excluding carboxylic acids is 4. The van der Waals surface area contributed by atoms with E-state index in [1.807, 2.05) is 0 Å². The van der Waals surface area contributed by atoms with Gasteiger partial charge in [0.1, 0.15) is 24.6 Å². The Morgan fingerprint density at radius 2 is 1.36 bits per heavy atom. The SMILES string of the molecule is CC(=O)OC[C@H]1O[C@@H](c2ccc(C)c(Cc3ccc(OS(=O)(=O)C(F)(F)F)cc3)c2)[C@H](OC(C)=O)[C@@H](OC(C)=O)[C@@H]1OC(C)=O. The van der Waals surface area contributed by atoms with Gasteiger partial charge in [-0.3, -0.25) is 19.2 Å². The monoisotopic (exact) mass is 660 g/mol. The molecule has 0 radical (unpaired) electrons. The molecule has 0 saturated carbocycles. The first-order valence-corrected chi connectivity index (χ1v) is 14.8. The van der Waals surface area contributed by atoms with Crippen molar-refractivity contribution in [3.8, 4) is 5.75 Å². The van der Waals surface area contributed by atoms with E-state index in [4.69, 9.17) is 23.7 Å². The summed E-state index contributed by atoms with van der Waals surface area (Å²) in [5.41, 5.74) is -3.10. The average molecular weight is 661 g/mol. The fraction of sp³-hybridized carbons (Fsp3) is 0.448. The Hall–Kier alpha value is -4.18. The number of esters is 4. The zero-order chi connectivity index (χ0) is 33.7. The zero-order valence-electron chi connectivity index (χ0n) is 24.8. The van der Waals surface area contributed by atoms with Crippen LogP contribution in [0.15, 0.2) is 42.5 Å². The molecular formula is C29H31F3O12S. The molecule has 0 amide bonds. The van der Waals surface area contributed by atoms with Gasteiger partial charge in [-0.2, -0.15) is 21.6 Å². The van der Waals surface area contributed by atoms with Crippen molar-refractivity contribution in [1.29, 1.82) is 0 Å². The molecule has 12 nitrogen and oxygen atoms in total. The van der Waals surface area contributed by atoms with Gasteiger partial charge >= 0.3 is 39.5 Å². The van der Waals surface area contributed by atoms with E-state index in [9.17, 15) is 40.8 Å². The highest BCUT2D eigenvalue weighted by Crippen LogP contribution is 2.38. The predicted molar refractivity (Wildman–Crippen MR) is 147 cm³/mol. The minimum Gasteiger partial charge on any atom is -0.463 e. The molecule has 0 aromatic heterocycles. The summed E-state index contributed by atoms with van der Waals surface area (Å²) in [6.07, 6.45) is -6.04. The Labute approximate surface area is 256 Å². The second kappa shape index (κ2) is 14.3. The van der Waals surface area contributed by atoms with Crippen molar-refractivity contribution in [2.24, 2.45) is 0 Å². The molecule has 0 spiro atoms. The van der Waals surface area contributed by atoms with Gasteiger partial charge < -0.3 is 27.9 Å². The number of hydrogen-bond acceptors (Lipinski definition) is 12. The summed E-state index contributed by atoms with van der Waals surface area (Å²) in [6, 6.07) is 10.0. The molecule has 0 bridgehead atoms. The summed E-state index contributed by atoms with van der Waals surface area (Å²) in [4.78, 5) is 47.9. The summed E-state index contributed by atoms with van der Waals surface area (Å²) < 4.78 is 92.5. The van der Waals surface area contributed by atoms with Crippen molar-refractivity contribution in [2.75, 3.05) is 6.61 Å². The van der Waals surface area contributed by atoms with Crippen LogP contribution in [0.25, 0.3) is 0 Å². The van der Waals surface area contributed by atoms with E-state index in [-0.39, 0.29) is 6.42 Å². The van der Waals surface area contributed by atoms with Crippen LogP contribution in [0.2, 0.25) is 0 Å². The Bertz CT molecular complexity index is 1520. The lowest BCUT2D eigenvalue weighted by molar-refractivity contribution is -0.254. The minimum atomic E-state index is -5.83. The van der Waals surface area contributed by atoms with Crippen LogP contribution in [0.4, 0.5) is 13.2 Å². The molecule has 0 unspecified atom stereocenters. The van der Waals surface area contributed by atoms with Gasteiger partial charge in [0.05, 0.1) is 0 Å².